The Bertz CT molecular complexity index is 381. The van der Waals surface area contributed by atoms with Crippen molar-refractivity contribution in [3.8, 4) is 0 Å². The summed E-state index contributed by atoms with van der Waals surface area (Å²) in [4.78, 5) is 12.5. The summed E-state index contributed by atoms with van der Waals surface area (Å²) in [5.74, 6) is 0.668. The average molecular weight is 285 g/mol. The Balaban J connectivity index is 2.51. The minimum atomic E-state index is 0.167. The molecule has 1 aromatic rings. The summed E-state index contributed by atoms with van der Waals surface area (Å²) in [5, 5.41) is 0. The van der Waals surface area contributed by atoms with Crippen molar-refractivity contribution in [2.24, 2.45) is 0 Å². The zero-order valence-electron chi connectivity index (χ0n) is 8.79. The molecule has 0 aliphatic carbocycles. The molecule has 0 bridgehead atoms. The van der Waals surface area contributed by atoms with E-state index < -0.39 is 0 Å². The van der Waals surface area contributed by atoms with Gasteiger partial charge in [0.05, 0.1) is 5.75 Å². The van der Waals surface area contributed by atoms with Crippen LogP contribution in [0.1, 0.15) is 13.8 Å². The van der Waals surface area contributed by atoms with Crippen molar-refractivity contribution in [2.75, 3.05) is 5.75 Å². The van der Waals surface area contributed by atoms with E-state index in [1.807, 2.05) is 38.1 Å². The molecule has 0 heterocycles. The van der Waals surface area contributed by atoms with Crippen LogP contribution in [0.2, 0.25) is 0 Å². The van der Waals surface area contributed by atoms with Gasteiger partial charge < -0.3 is 0 Å². The number of benzene rings is 1. The number of hydrogen-bond acceptors (Lipinski definition) is 2. The third-order valence-electron chi connectivity index (χ3n) is 1.63. The van der Waals surface area contributed by atoms with Gasteiger partial charge in [0.15, 0.2) is 5.78 Å². The lowest BCUT2D eigenvalue weighted by atomic mass is 10.3. The average Bonchev–Trinajstić information content (AvgIpc) is 2.14. The Morgan fingerprint density at radius 1 is 1.47 bits per heavy atom. The van der Waals surface area contributed by atoms with Crippen LogP contribution in [0, 0.1) is 0 Å². The SMILES string of the molecule is CC(C)=CC(=O)CSc1cccc(Br)c1. The van der Waals surface area contributed by atoms with Crippen LogP contribution >= 0.6 is 27.7 Å². The van der Waals surface area contributed by atoms with E-state index in [4.69, 9.17) is 0 Å². The lowest BCUT2D eigenvalue weighted by Gasteiger charge is -1.99. The van der Waals surface area contributed by atoms with E-state index in [0.717, 1.165) is 14.9 Å². The molecule has 0 spiro atoms. The summed E-state index contributed by atoms with van der Waals surface area (Å²) in [5.41, 5.74) is 1.05. The number of allylic oxidation sites excluding steroid dienone is 2. The van der Waals surface area contributed by atoms with Gasteiger partial charge in [0, 0.05) is 9.37 Å². The highest BCUT2D eigenvalue weighted by Gasteiger charge is 2.00. The maximum atomic E-state index is 11.4. The molecule has 1 aromatic carbocycles. The highest BCUT2D eigenvalue weighted by molar-refractivity contribution is 9.10. The normalized spacial score (nSPS) is 9.80. The Morgan fingerprint density at radius 2 is 2.20 bits per heavy atom. The van der Waals surface area contributed by atoms with Gasteiger partial charge in [0.1, 0.15) is 0 Å². The van der Waals surface area contributed by atoms with Gasteiger partial charge in [-0.2, -0.15) is 0 Å². The molecule has 1 rings (SSSR count). The predicted molar refractivity (Wildman–Crippen MR) is 69.3 cm³/mol. The second-order valence-corrected chi connectivity index (χ2v) is 5.40. The fourth-order valence-electron chi connectivity index (χ4n) is 1.07. The number of ketones is 1. The molecule has 0 aliphatic heterocycles. The first-order valence-electron chi connectivity index (χ1n) is 4.64. The molecule has 15 heavy (non-hydrogen) atoms. The topological polar surface area (TPSA) is 17.1 Å². The van der Waals surface area contributed by atoms with Gasteiger partial charge in [0.2, 0.25) is 0 Å². The lowest BCUT2D eigenvalue weighted by molar-refractivity contribution is -0.112. The molecule has 0 unspecified atom stereocenters. The minimum absolute atomic E-state index is 0.167. The van der Waals surface area contributed by atoms with Crippen molar-refractivity contribution < 1.29 is 4.79 Å². The van der Waals surface area contributed by atoms with Gasteiger partial charge in [-0.1, -0.05) is 27.6 Å². The number of thioether (sulfide) groups is 1. The predicted octanol–water partition coefficient (Wildman–Crippen LogP) is 4.08. The number of carbonyl (C=O) groups excluding carboxylic acids is 1. The van der Waals surface area contributed by atoms with Crippen molar-refractivity contribution in [1.29, 1.82) is 0 Å². The van der Waals surface area contributed by atoms with Crippen LogP contribution in [-0.4, -0.2) is 11.5 Å². The third kappa shape index (κ3) is 5.19. The molecule has 80 valence electrons. The third-order valence-corrected chi connectivity index (χ3v) is 3.14. The highest BCUT2D eigenvalue weighted by atomic mass is 79.9. The molecular weight excluding hydrogens is 272 g/mol. The van der Waals surface area contributed by atoms with Crippen LogP contribution in [-0.2, 0) is 4.79 Å². The van der Waals surface area contributed by atoms with Crippen molar-refractivity contribution >= 4 is 33.5 Å². The van der Waals surface area contributed by atoms with Gasteiger partial charge in [0.25, 0.3) is 0 Å². The van der Waals surface area contributed by atoms with E-state index in [-0.39, 0.29) is 5.78 Å². The first kappa shape index (κ1) is 12.5. The zero-order valence-corrected chi connectivity index (χ0v) is 11.2. The van der Waals surface area contributed by atoms with Crippen LogP contribution in [0.25, 0.3) is 0 Å². The van der Waals surface area contributed by atoms with Crippen LogP contribution in [0.5, 0.6) is 0 Å². The molecule has 3 heteroatoms. The second kappa shape index (κ2) is 6.13. The summed E-state index contributed by atoms with van der Waals surface area (Å²) < 4.78 is 1.04. The first-order valence-corrected chi connectivity index (χ1v) is 6.42. The number of rotatable bonds is 4. The van der Waals surface area contributed by atoms with E-state index in [0.29, 0.717) is 5.75 Å². The molecule has 0 saturated carbocycles. The number of carbonyl (C=O) groups is 1. The Morgan fingerprint density at radius 3 is 2.80 bits per heavy atom. The maximum absolute atomic E-state index is 11.4. The largest absolute Gasteiger partial charge is 0.294 e. The van der Waals surface area contributed by atoms with E-state index in [1.54, 1.807) is 17.8 Å². The van der Waals surface area contributed by atoms with Gasteiger partial charge in [-0.3, -0.25) is 4.79 Å². The van der Waals surface area contributed by atoms with Crippen LogP contribution in [0.4, 0.5) is 0 Å². The van der Waals surface area contributed by atoms with Gasteiger partial charge >= 0.3 is 0 Å². The fraction of sp³-hybridized carbons (Fsp3) is 0.250. The summed E-state index contributed by atoms with van der Waals surface area (Å²) in [6.45, 7) is 3.86. The van der Waals surface area contributed by atoms with Crippen molar-refractivity contribution in [3.63, 3.8) is 0 Å². The van der Waals surface area contributed by atoms with E-state index >= 15 is 0 Å². The summed E-state index contributed by atoms with van der Waals surface area (Å²) >= 11 is 4.96. The molecule has 0 radical (unpaired) electrons. The first-order chi connectivity index (χ1) is 7.08. The van der Waals surface area contributed by atoms with E-state index in [1.165, 1.54) is 0 Å². The maximum Gasteiger partial charge on any atom is 0.165 e. The highest BCUT2D eigenvalue weighted by Crippen LogP contribution is 2.21. The standard InChI is InChI=1S/C12H13BrOS/c1-9(2)6-11(14)8-15-12-5-3-4-10(13)7-12/h3-7H,8H2,1-2H3. The monoisotopic (exact) mass is 284 g/mol. The molecule has 0 aliphatic rings. The van der Waals surface area contributed by atoms with Crippen molar-refractivity contribution in [1.82, 2.24) is 0 Å². The van der Waals surface area contributed by atoms with Gasteiger partial charge in [-0.15, -0.1) is 11.8 Å². The fourth-order valence-corrected chi connectivity index (χ4v) is 2.40. The molecule has 0 N–H and O–H groups in total. The summed E-state index contributed by atoms with van der Waals surface area (Å²) in [6.07, 6.45) is 1.69. The molecule has 1 nitrogen and oxygen atoms in total. The number of hydrogen-bond donors (Lipinski definition) is 0. The summed E-state index contributed by atoms with van der Waals surface area (Å²) in [7, 11) is 0. The molecular formula is C12H13BrOS. The smallest absolute Gasteiger partial charge is 0.165 e. The molecule has 0 fully saturated rings. The number of halogens is 1. The second-order valence-electron chi connectivity index (χ2n) is 3.43. The van der Waals surface area contributed by atoms with Crippen LogP contribution < -0.4 is 0 Å². The van der Waals surface area contributed by atoms with E-state index in [2.05, 4.69) is 15.9 Å². The quantitative estimate of drug-likeness (QED) is 0.612. The van der Waals surface area contributed by atoms with Gasteiger partial charge in [-0.25, -0.2) is 0 Å². The van der Waals surface area contributed by atoms with Crippen LogP contribution in [0.3, 0.4) is 0 Å². The van der Waals surface area contributed by atoms with Crippen molar-refractivity contribution in [2.45, 2.75) is 18.7 Å². The van der Waals surface area contributed by atoms with E-state index in [9.17, 15) is 4.79 Å². The molecule has 0 aromatic heterocycles. The molecule has 0 atom stereocenters. The Labute approximate surface area is 103 Å². The zero-order chi connectivity index (χ0) is 11.3. The molecule has 0 saturated heterocycles. The Hall–Kier alpha value is -0.540. The summed E-state index contributed by atoms with van der Waals surface area (Å²) in [6, 6.07) is 7.96. The van der Waals surface area contributed by atoms with Crippen molar-refractivity contribution in [3.05, 3.63) is 40.4 Å². The Kier molecular flexibility index (Phi) is 5.12. The lowest BCUT2D eigenvalue weighted by Crippen LogP contribution is -1.96. The van der Waals surface area contributed by atoms with Crippen LogP contribution in [0.15, 0.2) is 45.3 Å². The minimum Gasteiger partial charge on any atom is -0.294 e. The molecule has 0 amide bonds. The van der Waals surface area contributed by atoms with Gasteiger partial charge in [-0.05, 0) is 38.1 Å².